The highest BCUT2D eigenvalue weighted by molar-refractivity contribution is 7.92. The zero-order chi connectivity index (χ0) is 28.8. The second-order valence-corrected chi connectivity index (χ2v) is 12.8. The number of amides is 3. The molecular formula is C27H23Cl3N4O5S. The highest BCUT2D eigenvalue weighted by atomic mass is 35.5. The van der Waals surface area contributed by atoms with E-state index in [9.17, 15) is 22.8 Å². The first kappa shape index (κ1) is 28.4. The zero-order valence-corrected chi connectivity index (χ0v) is 24.3. The van der Waals surface area contributed by atoms with Crippen LogP contribution in [-0.2, 0) is 27.7 Å². The van der Waals surface area contributed by atoms with Crippen molar-refractivity contribution in [1.82, 2.24) is 14.8 Å². The van der Waals surface area contributed by atoms with Crippen molar-refractivity contribution in [2.24, 2.45) is 5.92 Å². The van der Waals surface area contributed by atoms with Gasteiger partial charge in [0.15, 0.2) is 5.78 Å². The molecule has 40 heavy (non-hydrogen) atoms. The number of pyridine rings is 1. The van der Waals surface area contributed by atoms with Crippen LogP contribution in [0.15, 0.2) is 59.6 Å². The molecule has 0 radical (unpaired) electrons. The van der Waals surface area contributed by atoms with Crippen LogP contribution in [0.2, 0.25) is 15.1 Å². The van der Waals surface area contributed by atoms with Gasteiger partial charge >= 0.3 is 6.03 Å². The molecule has 0 bridgehead atoms. The molecule has 0 aliphatic carbocycles. The number of benzene rings is 2. The number of anilines is 1. The topological polar surface area (TPSA) is 108 Å². The fourth-order valence-corrected chi connectivity index (χ4v) is 7.38. The molecule has 1 aromatic heterocycles. The largest absolute Gasteiger partial charge is 0.326 e. The second-order valence-electron chi connectivity index (χ2n) is 9.71. The van der Waals surface area contributed by atoms with Crippen molar-refractivity contribution in [3.63, 3.8) is 0 Å². The number of urea groups is 1. The van der Waals surface area contributed by atoms with Gasteiger partial charge in [0.2, 0.25) is 5.91 Å². The molecule has 0 saturated carbocycles. The van der Waals surface area contributed by atoms with Gasteiger partial charge in [0, 0.05) is 43.7 Å². The van der Waals surface area contributed by atoms with E-state index in [2.05, 4.69) is 4.98 Å². The fourth-order valence-electron chi connectivity index (χ4n) is 4.91. The molecule has 2 aliphatic rings. The van der Waals surface area contributed by atoms with Crippen molar-refractivity contribution in [3.8, 4) is 0 Å². The number of rotatable bonds is 7. The molecular weight excluding hydrogens is 599 g/mol. The van der Waals surface area contributed by atoms with Gasteiger partial charge in [-0.05, 0) is 48.4 Å². The lowest BCUT2D eigenvalue weighted by atomic mass is 9.95. The molecule has 0 spiro atoms. The average Bonchev–Trinajstić information content (AvgIpc) is 3.14. The maximum absolute atomic E-state index is 13.9. The van der Waals surface area contributed by atoms with Crippen LogP contribution in [0, 0.1) is 5.92 Å². The standard InChI is InChI=1S/C27H23Cl3N4O5S/c1-32-15-25(36)33(27(32)37)13-17-8-22-23(34(14-17)40(38,39)19-5-2-4-18(28)11-19)9-16(12-31-22)10-24(35)26-20(29)6-3-7-21(26)30/h2-7,9,11-12,17H,8,10,13-15H2,1H3. The van der Waals surface area contributed by atoms with Gasteiger partial charge in [-0.15, -0.1) is 0 Å². The lowest BCUT2D eigenvalue weighted by Gasteiger charge is -2.36. The minimum absolute atomic E-state index is 0.0158. The third-order valence-electron chi connectivity index (χ3n) is 6.84. The summed E-state index contributed by atoms with van der Waals surface area (Å²) in [6.07, 6.45) is 1.72. The van der Waals surface area contributed by atoms with E-state index in [-0.39, 0.29) is 63.3 Å². The van der Waals surface area contributed by atoms with E-state index in [0.29, 0.717) is 23.4 Å². The molecule has 1 saturated heterocycles. The molecule has 0 N–H and O–H groups in total. The Kier molecular flexibility index (Phi) is 7.80. The summed E-state index contributed by atoms with van der Waals surface area (Å²) >= 11 is 18.5. The molecule has 1 atom stereocenters. The Hall–Kier alpha value is -3.18. The maximum Gasteiger partial charge on any atom is 0.326 e. The molecule has 13 heteroatoms. The number of Topliss-reactive ketones (excluding diaryl/α,β-unsaturated/α-hetero) is 1. The van der Waals surface area contributed by atoms with Crippen LogP contribution in [0.3, 0.4) is 0 Å². The summed E-state index contributed by atoms with van der Waals surface area (Å²) in [6, 6.07) is 11.9. The van der Waals surface area contributed by atoms with Crippen molar-refractivity contribution in [3.05, 3.63) is 86.6 Å². The summed E-state index contributed by atoms with van der Waals surface area (Å²) in [6.45, 7) is -0.00820. The fraction of sp³-hybridized carbons (Fsp3) is 0.259. The summed E-state index contributed by atoms with van der Waals surface area (Å²) in [5.41, 5.74) is 1.41. The van der Waals surface area contributed by atoms with Gasteiger partial charge in [0.05, 0.1) is 31.9 Å². The van der Waals surface area contributed by atoms with Crippen LogP contribution in [-0.4, -0.2) is 67.6 Å². The van der Waals surface area contributed by atoms with Crippen molar-refractivity contribution < 1.29 is 22.8 Å². The molecule has 9 nitrogen and oxygen atoms in total. The van der Waals surface area contributed by atoms with Crippen molar-refractivity contribution >= 4 is 68.2 Å². The van der Waals surface area contributed by atoms with Crippen LogP contribution in [0.25, 0.3) is 0 Å². The number of nitrogens with zero attached hydrogens (tertiary/aromatic N) is 4. The van der Waals surface area contributed by atoms with Gasteiger partial charge in [-0.3, -0.25) is 23.8 Å². The van der Waals surface area contributed by atoms with E-state index in [4.69, 9.17) is 34.8 Å². The molecule has 1 fully saturated rings. The second kappa shape index (κ2) is 11.0. The highest BCUT2D eigenvalue weighted by Gasteiger charge is 2.39. The average molecular weight is 622 g/mol. The van der Waals surface area contributed by atoms with Crippen LogP contribution in [0.1, 0.15) is 21.6 Å². The summed E-state index contributed by atoms with van der Waals surface area (Å²) in [7, 11) is -2.60. The van der Waals surface area contributed by atoms with Crippen molar-refractivity contribution in [1.29, 1.82) is 0 Å². The first-order valence-corrected chi connectivity index (χ1v) is 14.8. The van der Waals surface area contributed by atoms with Gasteiger partial charge in [-0.2, -0.15) is 0 Å². The molecule has 1 unspecified atom stereocenters. The van der Waals surface area contributed by atoms with Gasteiger partial charge < -0.3 is 4.90 Å². The SMILES string of the molecule is CN1CC(=O)N(CC2Cc3ncc(CC(=O)c4c(Cl)cccc4Cl)cc3N(S(=O)(=O)c3cccc(Cl)c3)C2)C1=O. The van der Waals surface area contributed by atoms with Gasteiger partial charge in [-0.1, -0.05) is 46.9 Å². The summed E-state index contributed by atoms with van der Waals surface area (Å²) in [5.74, 6) is -1.10. The smallest absolute Gasteiger partial charge is 0.318 e. The summed E-state index contributed by atoms with van der Waals surface area (Å²) in [4.78, 5) is 44.9. The number of carbonyl (C=O) groups is 3. The third-order valence-corrected chi connectivity index (χ3v) is 9.48. The Labute approximate surface area is 246 Å². The molecule has 2 aromatic carbocycles. The predicted molar refractivity (Wildman–Crippen MR) is 152 cm³/mol. The first-order chi connectivity index (χ1) is 19.0. The van der Waals surface area contributed by atoms with Crippen molar-refractivity contribution in [2.75, 3.05) is 31.0 Å². The lowest BCUT2D eigenvalue weighted by Crippen LogP contribution is -2.46. The summed E-state index contributed by atoms with van der Waals surface area (Å²) < 4.78 is 29.0. The monoisotopic (exact) mass is 620 g/mol. The van der Waals surface area contributed by atoms with Crippen LogP contribution in [0.4, 0.5) is 10.5 Å². The van der Waals surface area contributed by atoms with E-state index in [1.807, 2.05) is 0 Å². The van der Waals surface area contributed by atoms with Crippen LogP contribution < -0.4 is 4.31 Å². The molecule has 3 amide bonds. The van der Waals surface area contributed by atoms with E-state index in [0.717, 1.165) is 4.90 Å². The van der Waals surface area contributed by atoms with Gasteiger partial charge in [0.1, 0.15) is 6.54 Å². The number of aromatic nitrogens is 1. The number of hydrogen-bond acceptors (Lipinski definition) is 6. The molecule has 2 aliphatic heterocycles. The first-order valence-electron chi connectivity index (χ1n) is 12.2. The van der Waals surface area contributed by atoms with Crippen LogP contribution in [0.5, 0.6) is 0 Å². The minimum Gasteiger partial charge on any atom is -0.318 e. The van der Waals surface area contributed by atoms with E-state index >= 15 is 0 Å². The molecule has 5 rings (SSSR count). The Balaban J connectivity index is 1.51. The highest BCUT2D eigenvalue weighted by Crippen LogP contribution is 2.35. The van der Waals surface area contributed by atoms with Gasteiger partial charge in [0.25, 0.3) is 10.0 Å². The number of hydrogen-bond donors (Lipinski definition) is 0. The minimum atomic E-state index is -4.13. The quantitative estimate of drug-likeness (QED) is 0.279. The van der Waals surface area contributed by atoms with E-state index in [1.54, 1.807) is 30.3 Å². The number of likely N-dealkylation sites (N-methyl/N-ethyl adjacent to an activating group) is 1. The zero-order valence-electron chi connectivity index (χ0n) is 21.2. The lowest BCUT2D eigenvalue weighted by molar-refractivity contribution is -0.125. The van der Waals surface area contributed by atoms with Crippen LogP contribution >= 0.6 is 34.8 Å². The number of imide groups is 1. The number of ketones is 1. The Morgan fingerprint density at radius 2 is 1.75 bits per heavy atom. The third kappa shape index (κ3) is 5.41. The molecule has 3 heterocycles. The Morgan fingerprint density at radius 1 is 1.05 bits per heavy atom. The van der Waals surface area contributed by atoms with Gasteiger partial charge in [-0.25, -0.2) is 13.2 Å². The number of carbonyl (C=O) groups excluding carboxylic acids is 3. The molecule has 208 valence electrons. The Morgan fingerprint density at radius 3 is 2.40 bits per heavy atom. The number of fused-ring (bicyclic) bond motifs is 1. The maximum atomic E-state index is 13.9. The summed E-state index contributed by atoms with van der Waals surface area (Å²) in [5, 5.41) is 0.682. The van der Waals surface area contributed by atoms with E-state index in [1.165, 1.54) is 40.6 Å². The molecule has 3 aromatic rings. The predicted octanol–water partition coefficient (Wildman–Crippen LogP) is 4.73. The number of halogens is 3. The van der Waals surface area contributed by atoms with Crippen molar-refractivity contribution in [2.45, 2.75) is 17.7 Å². The Bertz CT molecular complexity index is 1630. The number of sulfonamides is 1. The normalized spacial score (nSPS) is 17.4. The van der Waals surface area contributed by atoms with E-state index < -0.39 is 22.0 Å².